The second-order valence-corrected chi connectivity index (χ2v) is 6.00. The van der Waals surface area contributed by atoms with Crippen LogP contribution in [0, 0.1) is 0 Å². The molecule has 1 aliphatic heterocycles. The summed E-state index contributed by atoms with van der Waals surface area (Å²) in [6.45, 7) is 1.32. The van der Waals surface area contributed by atoms with Crippen LogP contribution < -0.4 is 10.3 Å². The van der Waals surface area contributed by atoms with Gasteiger partial charge in [-0.3, -0.25) is 14.5 Å². The highest BCUT2D eigenvalue weighted by Crippen LogP contribution is 2.26. The van der Waals surface area contributed by atoms with Gasteiger partial charge >= 0.3 is 5.97 Å². The number of nitrogens with one attached hydrogen (secondary N) is 1. The molecule has 1 aromatic carbocycles. The zero-order valence-electron chi connectivity index (χ0n) is 15.1. The minimum Gasteiger partial charge on any atom is -0.461 e. The van der Waals surface area contributed by atoms with Crippen LogP contribution in [0.5, 0.6) is 0 Å². The van der Waals surface area contributed by atoms with E-state index in [0.29, 0.717) is 5.69 Å². The third-order valence-electron chi connectivity index (χ3n) is 3.97. The van der Waals surface area contributed by atoms with Crippen molar-refractivity contribution in [1.29, 1.82) is 0 Å². The summed E-state index contributed by atoms with van der Waals surface area (Å²) in [5.74, 6) is -1.02. The number of carbonyl (C=O) groups excluding carboxylic acids is 2. The third kappa shape index (κ3) is 4.51. The molecule has 0 bridgehead atoms. The van der Waals surface area contributed by atoms with E-state index in [0.717, 1.165) is 4.68 Å². The molecule has 2 aromatic rings. The van der Waals surface area contributed by atoms with Crippen molar-refractivity contribution < 1.29 is 23.1 Å². The minimum atomic E-state index is -2.55. The summed E-state index contributed by atoms with van der Waals surface area (Å²) >= 11 is 0. The van der Waals surface area contributed by atoms with Crippen molar-refractivity contribution >= 4 is 29.0 Å². The van der Waals surface area contributed by atoms with Gasteiger partial charge in [-0.25, -0.2) is 13.6 Å². The molecular weight excluding hydrogens is 372 g/mol. The van der Waals surface area contributed by atoms with Crippen molar-refractivity contribution in [2.24, 2.45) is 5.10 Å². The van der Waals surface area contributed by atoms with Crippen LogP contribution >= 0.6 is 0 Å². The van der Waals surface area contributed by atoms with E-state index in [1.807, 2.05) is 6.07 Å². The zero-order chi connectivity index (χ0) is 20.1. The zero-order valence-corrected chi connectivity index (χ0v) is 15.1. The Kier molecular flexibility index (Phi) is 5.97. The average Bonchev–Trinajstić information content (AvgIpc) is 3.29. The van der Waals surface area contributed by atoms with Gasteiger partial charge in [0.2, 0.25) is 5.91 Å². The van der Waals surface area contributed by atoms with Gasteiger partial charge in [0.15, 0.2) is 0 Å². The molecule has 1 N–H and O–H groups in total. The first kappa shape index (κ1) is 19.5. The monoisotopic (exact) mass is 391 g/mol. The number of alkyl halides is 2. The Morgan fingerprint density at radius 1 is 1.32 bits per heavy atom. The molecule has 3 rings (SSSR count). The normalized spacial score (nSPS) is 16.2. The lowest BCUT2D eigenvalue weighted by molar-refractivity contribution is -0.135. The molecule has 0 radical (unpaired) electrons. The van der Waals surface area contributed by atoms with Crippen LogP contribution in [-0.4, -0.2) is 46.4 Å². The quantitative estimate of drug-likeness (QED) is 0.732. The van der Waals surface area contributed by atoms with Gasteiger partial charge in [0, 0.05) is 12.6 Å². The van der Waals surface area contributed by atoms with Gasteiger partial charge in [-0.15, -0.1) is 0 Å². The maximum absolute atomic E-state index is 12.8. The Bertz CT molecular complexity index is 869. The van der Waals surface area contributed by atoms with Gasteiger partial charge in [-0.2, -0.15) is 10.2 Å². The Morgan fingerprint density at radius 2 is 2.07 bits per heavy atom. The summed E-state index contributed by atoms with van der Waals surface area (Å²) in [6, 6.07) is 8.13. The van der Waals surface area contributed by atoms with Crippen LogP contribution in [0.4, 0.5) is 20.2 Å². The largest absolute Gasteiger partial charge is 0.461 e. The number of nitrogens with zero attached hydrogens (tertiary/aromatic N) is 4. The van der Waals surface area contributed by atoms with E-state index < -0.39 is 30.9 Å². The number of anilines is 2. The lowest BCUT2D eigenvalue weighted by Gasteiger charge is -2.22. The SMILES string of the molecule is CCOC(=O)C1=NN(c2ccccc2)C(C(=O)Nc2cnn(CC(F)F)c2)C1. The highest BCUT2D eigenvalue weighted by molar-refractivity contribution is 6.38. The van der Waals surface area contributed by atoms with Crippen molar-refractivity contribution in [1.82, 2.24) is 9.78 Å². The molecule has 0 spiro atoms. The fraction of sp³-hybridized carbons (Fsp3) is 0.333. The number of amides is 1. The molecule has 1 amide bonds. The fourth-order valence-corrected chi connectivity index (χ4v) is 2.77. The summed E-state index contributed by atoms with van der Waals surface area (Å²) in [5.41, 5.74) is 1.05. The van der Waals surface area contributed by atoms with Crippen molar-refractivity contribution in [3.8, 4) is 0 Å². The Hall–Kier alpha value is -3.30. The van der Waals surface area contributed by atoms with E-state index >= 15 is 0 Å². The van der Waals surface area contributed by atoms with Gasteiger partial charge in [-0.05, 0) is 19.1 Å². The standard InChI is InChI=1S/C18H19F2N5O3/c1-2-28-18(27)14-8-15(25(23-14)13-6-4-3-5-7-13)17(26)22-12-9-21-24(10-12)11-16(19)20/h3-7,9-10,15-16H,2,8,11H2,1H3,(H,22,26). The van der Waals surface area contributed by atoms with Crippen molar-refractivity contribution in [2.75, 3.05) is 16.9 Å². The van der Waals surface area contributed by atoms with Crippen molar-refractivity contribution in [3.05, 3.63) is 42.7 Å². The molecule has 28 heavy (non-hydrogen) atoms. The first-order valence-electron chi connectivity index (χ1n) is 8.68. The number of benzene rings is 1. The Labute approximate surface area is 159 Å². The highest BCUT2D eigenvalue weighted by atomic mass is 19.3. The number of hydrazone groups is 1. The topological polar surface area (TPSA) is 88.8 Å². The summed E-state index contributed by atoms with van der Waals surface area (Å²) in [6.07, 6.45) is 0.117. The van der Waals surface area contributed by atoms with Crippen LogP contribution in [0.15, 0.2) is 47.8 Å². The molecule has 2 heterocycles. The summed E-state index contributed by atoms with van der Waals surface area (Å²) < 4.78 is 30.9. The van der Waals surface area contributed by atoms with E-state index in [2.05, 4.69) is 15.5 Å². The molecule has 10 heteroatoms. The molecule has 1 atom stereocenters. The summed E-state index contributed by atoms with van der Waals surface area (Å²) in [4.78, 5) is 24.9. The smallest absolute Gasteiger partial charge is 0.354 e. The third-order valence-corrected chi connectivity index (χ3v) is 3.97. The molecule has 0 saturated carbocycles. The first-order chi connectivity index (χ1) is 13.5. The fourth-order valence-electron chi connectivity index (χ4n) is 2.77. The second-order valence-electron chi connectivity index (χ2n) is 6.00. The van der Waals surface area contributed by atoms with Crippen molar-refractivity contribution in [2.45, 2.75) is 32.4 Å². The number of hydrogen-bond donors (Lipinski definition) is 1. The van der Waals surface area contributed by atoms with Crippen LogP contribution in [-0.2, 0) is 20.9 Å². The van der Waals surface area contributed by atoms with Gasteiger partial charge in [0.1, 0.15) is 18.3 Å². The van der Waals surface area contributed by atoms with Gasteiger partial charge < -0.3 is 10.1 Å². The second kappa shape index (κ2) is 8.59. The number of carbonyl (C=O) groups is 2. The highest BCUT2D eigenvalue weighted by Gasteiger charge is 2.37. The summed E-state index contributed by atoms with van der Waals surface area (Å²) in [7, 11) is 0. The van der Waals surface area contributed by atoms with Crippen LogP contribution in [0.3, 0.4) is 0 Å². The van der Waals surface area contributed by atoms with E-state index in [-0.39, 0.29) is 24.4 Å². The Balaban J connectivity index is 1.77. The molecule has 148 valence electrons. The van der Waals surface area contributed by atoms with E-state index in [1.165, 1.54) is 17.4 Å². The molecular formula is C18H19F2N5O3. The number of hydrogen-bond acceptors (Lipinski definition) is 6. The van der Waals surface area contributed by atoms with Gasteiger partial charge in [0.25, 0.3) is 6.43 Å². The molecule has 1 aromatic heterocycles. The van der Waals surface area contributed by atoms with Crippen LogP contribution in [0.25, 0.3) is 0 Å². The Morgan fingerprint density at radius 3 is 2.75 bits per heavy atom. The average molecular weight is 391 g/mol. The number of halogens is 2. The van der Waals surface area contributed by atoms with Crippen LogP contribution in [0.2, 0.25) is 0 Å². The predicted octanol–water partition coefficient (Wildman–Crippen LogP) is 2.28. The number of ether oxygens (including phenoxy) is 1. The summed E-state index contributed by atoms with van der Waals surface area (Å²) in [5, 5.41) is 12.1. The minimum absolute atomic E-state index is 0.0603. The molecule has 1 aliphatic rings. The first-order valence-corrected chi connectivity index (χ1v) is 8.68. The van der Waals surface area contributed by atoms with E-state index in [9.17, 15) is 18.4 Å². The lowest BCUT2D eigenvalue weighted by atomic mass is 10.1. The van der Waals surface area contributed by atoms with Crippen LogP contribution in [0.1, 0.15) is 13.3 Å². The number of esters is 1. The number of para-hydroxylation sites is 1. The maximum atomic E-state index is 12.8. The molecule has 0 aliphatic carbocycles. The van der Waals surface area contributed by atoms with Crippen molar-refractivity contribution in [3.63, 3.8) is 0 Å². The van der Waals surface area contributed by atoms with E-state index in [1.54, 1.807) is 31.2 Å². The lowest BCUT2D eigenvalue weighted by Crippen LogP contribution is -2.38. The molecule has 1 unspecified atom stereocenters. The predicted molar refractivity (Wildman–Crippen MR) is 98.3 cm³/mol. The van der Waals surface area contributed by atoms with Gasteiger partial charge in [0.05, 0.1) is 24.2 Å². The number of aromatic nitrogens is 2. The number of rotatable bonds is 7. The molecule has 0 saturated heterocycles. The van der Waals surface area contributed by atoms with Gasteiger partial charge in [-0.1, -0.05) is 18.2 Å². The molecule has 0 fully saturated rings. The molecule has 8 nitrogen and oxygen atoms in total. The maximum Gasteiger partial charge on any atom is 0.354 e. The van der Waals surface area contributed by atoms with E-state index in [4.69, 9.17) is 4.74 Å².